The maximum Gasteiger partial charge on any atom is 0.331 e. The molecule has 0 radical (unpaired) electrons. The molecule has 0 aromatic carbocycles. The molecule has 4 nitrogen and oxygen atoms in total. The van der Waals surface area contributed by atoms with E-state index in [2.05, 4.69) is 20.8 Å². The van der Waals surface area contributed by atoms with Crippen molar-refractivity contribution >= 4 is 20.0 Å². The first-order valence-corrected chi connectivity index (χ1v) is 10.7. The van der Waals surface area contributed by atoms with Gasteiger partial charge in [0.1, 0.15) is 0 Å². The molecule has 0 spiro atoms. The highest BCUT2D eigenvalue weighted by molar-refractivity contribution is 6.90. The topological polar surface area (TPSA) is 74.6 Å². The Labute approximate surface area is 129 Å². The van der Waals surface area contributed by atoms with Crippen molar-refractivity contribution in [1.82, 2.24) is 0 Å². The first-order chi connectivity index (χ1) is 9.90. The zero-order valence-electron chi connectivity index (χ0n) is 13.9. The van der Waals surface area contributed by atoms with Crippen LogP contribution in [0.4, 0.5) is 0 Å². The monoisotopic (exact) mass is 314 g/mol. The number of hydrogen-bond acceptors (Lipinski definition) is 2. The molecular weight excluding hydrogens is 284 g/mol. The smallest absolute Gasteiger partial charge is 0.331 e. The summed E-state index contributed by atoms with van der Waals surface area (Å²) in [5, 5.41) is 19.5. The first-order valence-electron chi connectivity index (χ1n) is 8.10. The summed E-state index contributed by atoms with van der Waals surface area (Å²) >= 11 is 0. The minimum atomic E-state index is -2.25. The van der Waals surface area contributed by atoms with E-state index in [0.29, 0.717) is 18.0 Å². The van der Waals surface area contributed by atoms with Crippen LogP contribution in [-0.2, 0) is 9.59 Å². The predicted molar refractivity (Wildman–Crippen MR) is 88.3 cm³/mol. The van der Waals surface area contributed by atoms with Gasteiger partial charge in [0.25, 0.3) is 0 Å². The molecule has 0 atom stereocenters. The minimum absolute atomic E-state index is 0.159. The van der Waals surface area contributed by atoms with E-state index in [1.807, 2.05) is 6.92 Å². The molecule has 0 aliphatic heterocycles. The highest BCUT2D eigenvalue weighted by atomic mass is 28.3. The quantitative estimate of drug-likeness (QED) is 0.436. The molecule has 5 heteroatoms. The van der Waals surface area contributed by atoms with Gasteiger partial charge in [-0.1, -0.05) is 71.5 Å². The number of rotatable bonds is 11. The number of aliphatic carboxylic acids is 2. The predicted octanol–water partition coefficient (Wildman–Crippen LogP) is 4.47. The second-order valence-corrected chi connectivity index (χ2v) is 10.3. The van der Waals surface area contributed by atoms with E-state index in [1.165, 1.54) is 0 Å². The van der Waals surface area contributed by atoms with Crippen LogP contribution in [0.15, 0.2) is 10.8 Å². The Hall–Kier alpha value is -1.10. The molecule has 0 rings (SSSR count). The van der Waals surface area contributed by atoms with E-state index in [-0.39, 0.29) is 5.57 Å². The minimum Gasteiger partial charge on any atom is -0.478 e. The number of carbonyl (C=O) groups is 2. The summed E-state index contributed by atoms with van der Waals surface area (Å²) in [6, 6.07) is 2.62. The maximum absolute atomic E-state index is 11.9. The molecule has 0 saturated heterocycles. The van der Waals surface area contributed by atoms with Gasteiger partial charge >= 0.3 is 11.9 Å². The fourth-order valence-corrected chi connectivity index (χ4v) is 9.15. The van der Waals surface area contributed by atoms with Crippen LogP contribution in [0, 0.1) is 0 Å². The summed E-state index contributed by atoms with van der Waals surface area (Å²) in [4.78, 5) is 23.5. The number of carboxylic acid groups (broad SMARTS) is 2. The van der Waals surface area contributed by atoms with E-state index in [1.54, 1.807) is 0 Å². The molecule has 0 bridgehead atoms. The summed E-state index contributed by atoms with van der Waals surface area (Å²) < 4.78 is 0. The van der Waals surface area contributed by atoms with Crippen molar-refractivity contribution in [2.24, 2.45) is 0 Å². The van der Waals surface area contributed by atoms with Gasteiger partial charge in [0, 0.05) is 10.8 Å². The molecule has 21 heavy (non-hydrogen) atoms. The second-order valence-electron chi connectivity index (χ2n) is 5.74. The van der Waals surface area contributed by atoms with E-state index < -0.39 is 20.0 Å². The fourth-order valence-electron chi connectivity index (χ4n) is 3.45. The van der Waals surface area contributed by atoms with Crippen molar-refractivity contribution in [2.45, 2.75) is 77.9 Å². The molecule has 0 aliphatic rings. The van der Waals surface area contributed by atoms with Crippen molar-refractivity contribution in [3.05, 3.63) is 10.8 Å². The third-order valence-corrected chi connectivity index (χ3v) is 9.94. The standard InChI is InChI=1S/C16H30O4Si/c1-5-9-13(15(17)18)14(16(19)20)21(10-6-2,11-7-3)12-8-4/h5-12H2,1-4H3,(H,17,18)(H,19,20). The average Bonchev–Trinajstić information content (AvgIpc) is 2.38. The molecule has 0 fully saturated rings. The van der Waals surface area contributed by atoms with Gasteiger partial charge < -0.3 is 10.2 Å². The lowest BCUT2D eigenvalue weighted by atomic mass is 10.1. The lowest BCUT2D eigenvalue weighted by molar-refractivity contribution is -0.135. The van der Waals surface area contributed by atoms with Gasteiger partial charge in [0.2, 0.25) is 0 Å². The highest BCUT2D eigenvalue weighted by Crippen LogP contribution is 2.36. The Balaban J connectivity index is 6.19. The van der Waals surface area contributed by atoms with E-state index in [4.69, 9.17) is 0 Å². The van der Waals surface area contributed by atoms with Crippen LogP contribution >= 0.6 is 0 Å². The van der Waals surface area contributed by atoms with Crippen molar-refractivity contribution in [2.75, 3.05) is 0 Å². The lowest BCUT2D eigenvalue weighted by Crippen LogP contribution is -2.42. The molecule has 0 saturated carbocycles. The van der Waals surface area contributed by atoms with Gasteiger partial charge in [-0.25, -0.2) is 9.59 Å². The number of carboxylic acids is 2. The van der Waals surface area contributed by atoms with Gasteiger partial charge in [-0.05, 0) is 6.42 Å². The van der Waals surface area contributed by atoms with E-state index >= 15 is 0 Å². The van der Waals surface area contributed by atoms with E-state index in [0.717, 1.165) is 37.4 Å². The largest absolute Gasteiger partial charge is 0.478 e. The summed E-state index contributed by atoms with van der Waals surface area (Å²) in [6.07, 6.45) is 3.77. The van der Waals surface area contributed by atoms with E-state index in [9.17, 15) is 19.8 Å². The molecule has 0 amide bonds. The fraction of sp³-hybridized carbons (Fsp3) is 0.750. The summed E-state index contributed by atoms with van der Waals surface area (Å²) in [5.74, 6) is -2.04. The second kappa shape index (κ2) is 9.76. The Morgan fingerprint density at radius 1 is 0.762 bits per heavy atom. The Kier molecular flexibility index (Phi) is 9.25. The molecule has 0 aliphatic carbocycles. The molecule has 0 unspecified atom stereocenters. The van der Waals surface area contributed by atoms with Crippen molar-refractivity contribution in [1.29, 1.82) is 0 Å². The Morgan fingerprint density at radius 2 is 1.19 bits per heavy atom. The van der Waals surface area contributed by atoms with Crippen LogP contribution in [0.2, 0.25) is 18.1 Å². The molecular formula is C16H30O4Si. The zero-order valence-corrected chi connectivity index (χ0v) is 14.9. The lowest BCUT2D eigenvalue weighted by Gasteiger charge is -2.33. The number of hydrogen-bond donors (Lipinski definition) is 2. The van der Waals surface area contributed by atoms with Gasteiger partial charge in [0.15, 0.2) is 0 Å². The molecule has 2 N–H and O–H groups in total. The van der Waals surface area contributed by atoms with Crippen LogP contribution in [0.3, 0.4) is 0 Å². The van der Waals surface area contributed by atoms with Crippen molar-refractivity contribution in [3.8, 4) is 0 Å². The van der Waals surface area contributed by atoms with Gasteiger partial charge in [-0.2, -0.15) is 0 Å². The van der Waals surface area contributed by atoms with Crippen LogP contribution in [-0.4, -0.2) is 30.2 Å². The first kappa shape index (κ1) is 19.9. The van der Waals surface area contributed by atoms with Crippen molar-refractivity contribution in [3.63, 3.8) is 0 Å². The highest BCUT2D eigenvalue weighted by Gasteiger charge is 2.41. The molecule has 0 heterocycles. The van der Waals surface area contributed by atoms with Gasteiger partial charge in [-0.3, -0.25) is 0 Å². The molecule has 0 aromatic rings. The SMILES string of the molecule is CCCC(C(=O)O)=C(C(=O)O)[Si](CCC)(CCC)CCC. The Morgan fingerprint density at radius 3 is 1.43 bits per heavy atom. The zero-order chi connectivity index (χ0) is 16.5. The summed E-state index contributed by atoms with van der Waals surface area (Å²) in [6.45, 7) is 8.08. The average molecular weight is 314 g/mol. The van der Waals surface area contributed by atoms with Crippen LogP contribution in [0.5, 0.6) is 0 Å². The third kappa shape index (κ3) is 5.30. The summed E-state index contributed by atoms with van der Waals surface area (Å²) in [7, 11) is -2.25. The normalized spacial score (nSPS) is 13.0. The molecule has 122 valence electrons. The summed E-state index contributed by atoms with van der Waals surface area (Å²) in [5.41, 5.74) is 0.159. The van der Waals surface area contributed by atoms with Crippen LogP contribution in [0.1, 0.15) is 59.8 Å². The Bertz CT molecular complexity index is 371. The van der Waals surface area contributed by atoms with Crippen LogP contribution < -0.4 is 0 Å². The van der Waals surface area contributed by atoms with Crippen molar-refractivity contribution < 1.29 is 19.8 Å². The maximum atomic E-state index is 11.9. The molecule has 0 aromatic heterocycles. The van der Waals surface area contributed by atoms with Gasteiger partial charge in [-0.15, -0.1) is 0 Å². The van der Waals surface area contributed by atoms with Gasteiger partial charge in [0.05, 0.1) is 8.07 Å². The van der Waals surface area contributed by atoms with Crippen LogP contribution in [0.25, 0.3) is 0 Å². The third-order valence-electron chi connectivity index (χ3n) is 3.99.